The Morgan fingerprint density at radius 1 is 1.64 bits per heavy atom. The van der Waals surface area contributed by atoms with Gasteiger partial charge in [0.1, 0.15) is 6.04 Å². The molecule has 0 aromatic rings. The van der Waals surface area contributed by atoms with Crippen LogP contribution < -0.4 is 10.6 Å². The first-order valence-electron chi connectivity index (χ1n) is 4.34. The number of esters is 1. The van der Waals surface area contributed by atoms with E-state index in [1.165, 1.54) is 7.11 Å². The third-order valence-electron chi connectivity index (χ3n) is 1.95. The van der Waals surface area contributed by atoms with E-state index in [0.29, 0.717) is 0 Å². The summed E-state index contributed by atoms with van der Waals surface area (Å²) in [6.07, 6.45) is 0. The molecule has 2 N–H and O–H groups in total. The van der Waals surface area contributed by atoms with Crippen molar-refractivity contribution in [1.82, 2.24) is 10.6 Å². The van der Waals surface area contributed by atoms with Gasteiger partial charge in [-0.1, -0.05) is 0 Å². The minimum atomic E-state index is -0.583. The second kappa shape index (κ2) is 5.21. The monoisotopic (exact) mass is 218 g/mol. The van der Waals surface area contributed by atoms with E-state index in [4.69, 9.17) is 0 Å². The Kier molecular flexibility index (Phi) is 4.21. The van der Waals surface area contributed by atoms with Crippen LogP contribution in [0.5, 0.6) is 0 Å². The van der Waals surface area contributed by atoms with Crippen LogP contribution in [-0.4, -0.2) is 42.7 Å². The Labute approximate surface area is 86.9 Å². The lowest BCUT2D eigenvalue weighted by Gasteiger charge is -2.14. The van der Waals surface area contributed by atoms with E-state index < -0.39 is 12.0 Å². The molecule has 1 aliphatic rings. The topological polar surface area (TPSA) is 67.4 Å². The van der Waals surface area contributed by atoms with Gasteiger partial charge in [0.25, 0.3) is 0 Å². The molecule has 1 heterocycles. The average molecular weight is 218 g/mol. The van der Waals surface area contributed by atoms with Gasteiger partial charge in [-0.2, -0.15) is 0 Å². The second-order valence-corrected chi connectivity index (χ2v) is 4.06. The van der Waals surface area contributed by atoms with Crippen molar-refractivity contribution >= 4 is 23.6 Å². The van der Waals surface area contributed by atoms with Crippen LogP contribution in [0.4, 0.5) is 0 Å². The molecule has 0 spiro atoms. The molecule has 0 radical (unpaired) electrons. The van der Waals surface area contributed by atoms with Crippen LogP contribution in [-0.2, 0) is 14.3 Å². The molecule has 0 aromatic heterocycles. The van der Waals surface area contributed by atoms with Crippen LogP contribution in [0.25, 0.3) is 0 Å². The molecule has 80 valence electrons. The van der Waals surface area contributed by atoms with E-state index >= 15 is 0 Å². The zero-order valence-electron chi connectivity index (χ0n) is 8.20. The minimum Gasteiger partial charge on any atom is -0.467 e. The standard InChI is InChI=1S/C8H14N2O3S/c1-5(8(12)13-2)10-7(11)6-3-14-4-9-6/h5-6,9H,3-4H2,1-2H3,(H,10,11)/t5-,6?/m0/s1. The van der Waals surface area contributed by atoms with Crippen LogP contribution in [0.3, 0.4) is 0 Å². The quantitative estimate of drug-likeness (QED) is 0.615. The number of methoxy groups -OCH3 is 1. The fourth-order valence-electron chi connectivity index (χ4n) is 1.11. The highest BCUT2D eigenvalue weighted by Crippen LogP contribution is 2.09. The van der Waals surface area contributed by atoms with E-state index in [0.717, 1.165) is 11.6 Å². The van der Waals surface area contributed by atoms with E-state index in [9.17, 15) is 9.59 Å². The predicted octanol–water partition coefficient (Wildman–Crippen LogP) is -0.673. The highest BCUT2D eigenvalue weighted by molar-refractivity contribution is 7.99. The van der Waals surface area contributed by atoms with E-state index in [2.05, 4.69) is 15.4 Å². The van der Waals surface area contributed by atoms with Crippen molar-refractivity contribution < 1.29 is 14.3 Å². The zero-order valence-corrected chi connectivity index (χ0v) is 9.02. The summed E-state index contributed by atoms with van der Waals surface area (Å²) in [5, 5.41) is 5.60. The Morgan fingerprint density at radius 2 is 2.36 bits per heavy atom. The largest absolute Gasteiger partial charge is 0.467 e. The van der Waals surface area contributed by atoms with Crippen molar-refractivity contribution in [2.24, 2.45) is 0 Å². The lowest BCUT2D eigenvalue weighted by Crippen LogP contribution is -2.48. The highest BCUT2D eigenvalue weighted by Gasteiger charge is 2.25. The Morgan fingerprint density at radius 3 is 2.86 bits per heavy atom. The van der Waals surface area contributed by atoms with Crippen molar-refractivity contribution in [3.63, 3.8) is 0 Å². The number of rotatable bonds is 3. The number of nitrogens with one attached hydrogen (secondary N) is 2. The molecule has 1 fully saturated rings. The van der Waals surface area contributed by atoms with Crippen molar-refractivity contribution in [1.29, 1.82) is 0 Å². The van der Waals surface area contributed by atoms with Gasteiger partial charge in [-0.3, -0.25) is 10.1 Å². The van der Waals surface area contributed by atoms with Gasteiger partial charge < -0.3 is 10.1 Å². The third-order valence-corrected chi connectivity index (χ3v) is 2.89. The summed E-state index contributed by atoms with van der Waals surface area (Å²) in [4.78, 5) is 22.5. The molecule has 0 bridgehead atoms. The molecular formula is C8H14N2O3S. The van der Waals surface area contributed by atoms with Gasteiger partial charge in [-0.25, -0.2) is 4.79 Å². The van der Waals surface area contributed by atoms with Crippen LogP contribution in [0.15, 0.2) is 0 Å². The molecule has 0 aromatic carbocycles. The normalized spacial score (nSPS) is 22.9. The third kappa shape index (κ3) is 2.88. The Bertz CT molecular complexity index is 229. The first-order chi connectivity index (χ1) is 6.65. The van der Waals surface area contributed by atoms with Gasteiger partial charge in [0, 0.05) is 11.6 Å². The molecule has 1 amide bonds. The molecule has 1 saturated heterocycles. The van der Waals surface area contributed by atoms with E-state index in [1.807, 2.05) is 0 Å². The van der Waals surface area contributed by atoms with Gasteiger partial charge in [-0.15, -0.1) is 11.8 Å². The molecule has 5 nitrogen and oxygen atoms in total. The lowest BCUT2D eigenvalue weighted by atomic mass is 10.2. The van der Waals surface area contributed by atoms with Crippen molar-refractivity contribution in [3.05, 3.63) is 0 Å². The van der Waals surface area contributed by atoms with Gasteiger partial charge in [0.15, 0.2) is 0 Å². The second-order valence-electron chi connectivity index (χ2n) is 3.03. The maximum absolute atomic E-state index is 11.5. The lowest BCUT2D eigenvalue weighted by molar-refractivity contribution is -0.144. The van der Waals surface area contributed by atoms with Gasteiger partial charge in [0.05, 0.1) is 13.2 Å². The molecule has 1 aliphatic heterocycles. The summed E-state index contributed by atoms with van der Waals surface area (Å²) in [5.41, 5.74) is 0. The number of hydrogen-bond acceptors (Lipinski definition) is 5. The summed E-state index contributed by atoms with van der Waals surface area (Å²) in [6.45, 7) is 1.60. The molecule has 14 heavy (non-hydrogen) atoms. The fraction of sp³-hybridized carbons (Fsp3) is 0.750. The first-order valence-corrected chi connectivity index (χ1v) is 5.50. The molecule has 1 unspecified atom stereocenters. The number of thioether (sulfide) groups is 1. The molecule has 6 heteroatoms. The highest BCUT2D eigenvalue weighted by atomic mass is 32.2. The average Bonchev–Trinajstić information content (AvgIpc) is 2.69. The van der Waals surface area contributed by atoms with Crippen LogP contribution >= 0.6 is 11.8 Å². The smallest absolute Gasteiger partial charge is 0.328 e. The maximum Gasteiger partial charge on any atom is 0.328 e. The van der Waals surface area contributed by atoms with Gasteiger partial charge >= 0.3 is 5.97 Å². The summed E-state index contributed by atoms with van der Waals surface area (Å²) in [5.74, 6) is 0.960. The molecule has 0 aliphatic carbocycles. The summed E-state index contributed by atoms with van der Waals surface area (Å²) < 4.78 is 4.50. The summed E-state index contributed by atoms with van der Waals surface area (Å²) in [7, 11) is 1.30. The van der Waals surface area contributed by atoms with Gasteiger partial charge in [-0.05, 0) is 6.92 Å². The van der Waals surface area contributed by atoms with E-state index in [-0.39, 0.29) is 11.9 Å². The van der Waals surface area contributed by atoms with Crippen LogP contribution in [0.1, 0.15) is 6.92 Å². The Balaban J connectivity index is 2.35. The van der Waals surface area contributed by atoms with Crippen molar-refractivity contribution in [2.45, 2.75) is 19.0 Å². The summed E-state index contributed by atoms with van der Waals surface area (Å²) in [6, 6.07) is -0.771. The van der Waals surface area contributed by atoms with Crippen LogP contribution in [0.2, 0.25) is 0 Å². The van der Waals surface area contributed by atoms with Crippen molar-refractivity contribution in [2.75, 3.05) is 18.7 Å². The van der Waals surface area contributed by atoms with Crippen molar-refractivity contribution in [3.8, 4) is 0 Å². The van der Waals surface area contributed by atoms with Crippen LogP contribution in [0, 0.1) is 0 Å². The molecule has 0 saturated carbocycles. The SMILES string of the molecule is COC(=O)[C@H](C)NC(=O)C1CSCN1. The maximum atomic E-state index is 11.5. The predicted molar refractivity (Wildman–Crippen MR) is 53.9 cm³/mol. The Hall–Kier alpha value is -0.750. The summed E-state index contributed by atoms with van der Waals surface area (Å²) >= 11 is 1.66. The minimum absolute atomic E-state index is 0.145. The molecule has 2 atom stereocenters. The number of amides is 1. The number of hydrogen-bond donors (Lipinski definition) is 2. The zero-order chi connectivity index (χ0) is 10.6. The van der Waals surface area contributed by atoms with E-state index in [1.54, 1.807) is 18.7 Å². The fourth-order valence-corrected chi connectivity index (χ4v) is 2.06. The molecular weight excluding hydrogens is 204 g/mol. The van der Waals surface area contributed by atoms with Gasteiger partial charge in [0.2, 0.25) is 5.91 Å². The number of ether oxygens (including phenoxy) is 1. The number of carbonyl (C=O) groups is 2. The molecule has 1 rings (SSSR count). The number of carbonyl (C=O) groups excluding carboxylic acids is 2. The first kappa shape index (κ1) is 11.3.